The summed E-state index contributed by atoms with van der Waals surface area (Å²) in [6.45, 7) is 11.5. The molecule has 0 radical (unpaired) electrons. The highest BCUT2D eigenvalue weighted by atomic mass is 16.6. The van der Waals surface area contributed by atoms with E-state index in [0.29, 0.717) is 24.8 Å². The Kier molecular flexibility index (Phi) is 4.91. The van der Waals surface area contributed by atoms with Crippen LogP contribution in [0.1, 0.15) is 47.0 Å². The molecule has 3 saturated heterocycles. The van der Waals surface area contributed by atoms with E-state index >= 15 is 0 Å². The molecule has 7 nitrogen and oxygen atoms in total. The Bertz CT molecular complexity index is 765. The molecule has 4 fully saturated rings. The van der Waals surface area contributed by atoms with Gasteiger partial charge >= 0.3 is 11.9 Å². The fourth-order valence-electron chi connectivity index (χ4n) is 4.84. The number of hydrogen-bond acceptors (Lipinski definition) is 7. The van der Waals surface area contributed by atoms with Crippen molar-refractivity contribution in [3.05, 3.63) is 23.8 Å². The first-order valence-corrected chi connectivity index (χ1v) is 10.3. The van der Waals surface area contributed by atoms with Crippen LogP contribution in [-0.2, 0) is 28.5 Å². The Morgan fingerprint density at radius 2 is 2.03 bits per heavy atom. The average molecular weight is 406 g/mol. The highest BCUT2D eigenvalue weighted by Gasteiger charge is 2.56. The number of rotatable bonds is 3. The average Bonchev–Trinajstić information content (AvgIpc) is 3.50. The minimum atomic E-state index is -0.955. The second kappa shape index (κ2) is 6.93. The smallest absolute Gasteiger partial charge is 0.334 e. The van der Waals surface area contributed by atoms with Crippen LogP contribution in [0.2, 0.25) is 0 Å². The summed E-state index contributed by atoms with van der Waals surface area (Å²) in [7, 11) is 0. The summed E-state index contributed by atoms with van der Waals surface area (Å²) in [6.07, 6.45) is 2.21. The number of ether oxygens (including phenoxy) is 4. The molecule has 7 atom stereocenters. The Morgan fingerprint density at radius 3 is 2.66 bits per heavy atom. The predicted octanol–water partition coefficient (Wildman–Crippen LogP) is 2.07. The lowest BCUT2D eigenvalue weighted by Gasteiger charge is -2.35. The monoisotopic (exact) mass is 406 g/mol. The van der Waals surface area contributed by atoms with Crippen molar-refractivity contribution in [2.24, 2.45) is 11.8 Å². The molecule has 29 heavy (non-hydrogen) atoms. The molecule has 7 heteroatoms. The SMILES string of the molecule is C=C1CC2OC2C(C)(O)CCC2C(=CC(OC(C)=O)C3OC3(C)C)C(=O)OCC12. The van der Waals surface area contributed by atoms with Gasteiger partial charge in [0.1, 0.15) is 18.3 Å². The normalized spacial score (nSPS) is 43.1. The van der Waals surface area contributed by atoms with Gasteiger partial charge in [0.05, 0.1) is 23.9 Å². The molecule has 0 amide bonds. The maximum atomic E-state index is 12.7. The van der Waals surface area contributed by atoms with Crippen LogP contribution in [0.4, 0.5) is 0 Å². The van der Waals surface area contributed by atoms with Crippen molar-refractivity contribution in [2.75, 3.05) is 6.61 Å². The molecule has 0 bridgehead atoms. The van der Waals surface area contributed by atoms with Crippen LogP contribution in [0.15, 0.2) is 23.8 Å². The van der Waals surface area contributed by atoms with Crippen LogP contribution in [0.3, 0.4) is 0 Å². The van der Waals surface area contributed by atoms with Crippen LogP contribution in [0.5, 0.6) is 0 Å². The van der Waals surface area contributed by atoms with Crippen LogP contribution in [0, 0.1) is 11.8 Å². The van der Waals surface area contributed by atoms with E-state index in [9.17, 15) is 14.7 Å². The number of esters is 2. The topological polar surface area (TPSA) is 97.9 Å². The fourth-order valence-corrected chi connectivity index (χ4v) is 4.84. The van der Waals surface area contributed by atoms with Crippen molar-refractivity contribution < 1.29 is 33.6 Å². The Balaban J connectivity index is 1.65. The third-order valence-corrected chi connectivity index (χ3v) is 6.66. The van der Waals surface area contributed by atoms with Crippen molar-refractivity contribution in [3.63, 3.8) is 0 Å². The number of aliphatic hydroxyl groups is 1. The second-order valence-corrected chi connectivity index (χ2v) is 9.50. The molecular weight excluding hydrogens is 376 g/mol. The Labute approximate surface area is 171 Å². The van der Waals surface area contributed by atoms with Gasteiger partial charge in [0.2, 0.25) is 0 Å². The van der Waals surface area contributed by atoms with Crippen LogP contribution in [0.25, 0.3) is 0 Å². The van der Waals surface area contributed by atoms with E-state index < -0.39 is 29.2 Å². The summed E-state index contributed by atoms with van der Waals surface area (Å²) >= 11 is 0. The highest BCUT2D eigenvalue weighted by Crippen LogP contribution is 2.47. The van der Waals surface area contributed by atoms with Crippen molar-refractivity contribution in [1.29, 1.82) is 0 Å². The lowest BCUT2D eigenvalue weighted by Crippen LogP contribution is -2.38. The Morgan fingerprint density at radius 1 is 1.34 bits per heavy atom. The van der Waals surface area contributed by atoms with Gasteiger partial charge in [0, 0.05) is 24.3 Å². The highest BCUT2D eigenvalue weighted by molar-refractivity contribution is 5.90. The molecule has 3 heterocycles. The fraction of sp³-hybridized carbons (Fsp3) is 0.727. The number of carbonyl (C=O) groups is 2. The van der Waals surface area contributed by atoms with Gasteiger partial charge in [0.15, 0.2) is 0 Å². The third kappa shape index (κ3) is 4.00. The second-order valence-electron chi connectivity index (χ2n) is 9.50. The number of carbonyl (C=O) groups excluding carboxylic acids is 2. The molecule has 1 saturated carbocycles. The summed E-state index contributed by atoms with van der Waals surface area (Å²) in [4.78, 5) is 24.4. The standard InChI is InChI=1S/C22H30O7/c1-11-8-16-19(28-16)22(5,25)7-6-13-14(20(24)26-10-15(11)13)9-17(27-12(2)23)18-21(3,4)29-18/h9,13,15-19,25H,1,6-8,10H2,2-5H3. The molecule has 0 aromatic rings. The zero-order valence-corrected chi connectivity index (χ0v) is 17.5. The summed E-state index contributed by atoms with van der Waals surface area (Å²) in [5.41, 5.74) is 0.0701. The molecule has 1 N–H and O–H groups in total. The maximum Gasteiger partial charge on any atom is 0.334 e. The van der Waals surface area contributed by atoms with Gasteiger partial charge in [0.25, 0.3) is 0 Å². The number of fused-ring (bicyclic) bond motifs is 2. The first-order valence-electron chi connectivity index (χ1n) is 10.3. The van der Waals surface area contributed by atoms with Crippen molar-refractivity contribution in [1.82, 2.24) is 0 Å². The van der Waals surface area contributed by atoms with Crippen LogP contribution in [-0.4, -0.2) is 59.3 Å². The quantitative estimate of drug-likeness (QED) is 0.332. The molecule has 0 aromatic carbocycles. The third-order valence-electron chi connectivity index (χ3n) is 6.66. The van der Waals surface area contributed by atoms with Crippen molar-refractivity contribution in [3.8, 4) is 0 Å². The summed E-state index contributed by atoms with van der Waals surface area (Å²) in [6, 6.07) is 0. The molecule has 3 aliphatic heterocycles. The van der Waals surface area contributed by atoms with E-state index in [1.54, 1.807) is 13.0 Å². The maximum absolute atomic E-state index is 12.7. The molecule has 7 unspecified atom stereocenters. The van der Waals surface area contributed by atoms with E-state index in [0.717, 1.165) is 5.57 Å². The van der Waals surface area contributed by atoms with Crippen molar-refractivity contribution >= 4 is 11.9 Å². The minimum Gasteiger partial charge on any atom is -0.462 e. The lowest BCUT2D eigenvalue weighted by atomic mass is 9.75. The van der Waals surface area contributed by atoms with Crippen LogP contribution >= 0.6 is 0 Å². The summed E-state index contributed by atoms with van der Waals surface area (Å²) in [5.74, 6) is -1.05. The van der Waals surface area contributed by atoms with Gasteiger partial charge in [-0.1, -0.05) is 12.2 Å². The van der Waals surface area contributed by atoms with Gasteiger partial charge in [-0.05, 0) is 46.1 Å². The first kappa shape index (κ1) is 20.6. The number of cyclic esters (lactones) is 1. The van der Waals surface area contributed by atoms with Gasteiger partial charge in [-0.25, -0.2) is 4.79 Å². The van der Waals surface area contributed by atoms with E-state index in [-0.39, 0.29) is 36.8 Å². The van der Waals surface area contributed by atoms with Crippen LogP contribution < -0.4 is 0 Å². The molecule has 4 aliphatic rings. The molecule has 4 rings (SSSR count). The van der Waals surface area contributed by atoms with Gasteiger partial charge in [-0.2, -0.15) is 0 Å². The van der Waals surface area contributed by atoms with E-state index in [4.69, 9.17) is 18.9 Å². The van der Waals surface area contributed by atoms with Crippen molar-refractivity contribution in [2.45, 2.75) is 82.6 Å². The van der Waals surface area contributed by atoms with Gasteiger partial charge < -0.3 is 24.1 Å². The molecule has 0 aromatic heterocycles. The molecule has 160 valence electrons. The van der Waals surface area contributed by atoms with E-state index in [2.05, 4.69) is 6.58 Å². The first-order chi connectivity index (χ1) is 13.5. The zero-order chi connectivity index (χ0) is 21.1. The minimum absolute atomic E-state index is 0.0317. The van der Waals surface area contributed by atoms with Gasteiger partial charge in [-0.3, -0.25) is 4.79 Å². The molecule has 1 aliphatic carbocycles. The van der Waals surface area contributed by atoms with Gasteiger partial charge in [-0.15, -0.1) is 0 Å². The lowest BCUT2D eigenvalue weighted by molar-refractivity contribution is -0.147. The van der Waals surface area contributed by atoms with E-state index in [1.807, 2.05) is 13.8 Å². The Hall–Kier alpha value is -1.70. The summed E-state index contributed by atoms with van der Waals surface area (Å²) in [5, 5.41) is 10.8. The number of epoxide rings is 2. The summed E-state index contributed by atoms with van der Waals surface area (Å²) < 4.78 is 22.3. The predicted molar refractivity (Wildman–Crippen MR) is 103 cm³/mol. The zero-order valence-electron chi connectivity index (χ0n) is 17.5. The number of hydrogen-bond donors (Lipinski definition) is 1. The van der Waals surface area contributed by atoms with E-state index in [1.165, 1.54) is 6.92 Å². The molecule has 0 spiro atoms. The molecular formula is C22H30O7. The largest absolute Gasteiger partial charge is 0.462 e.